The van der Waals surface area contributed by atoms with Crippen molar-refractivity contribution in [3.8, 4) is 6.07 Å². The zero-order valence-electron chi connectivity index (χ0n) is 9.80. The molecule has 3 heterocycles. The smallest absolute Gasteiger partial charge is 0.256 e. The van der Waals surface area contributed by atoms with Gasteiger partial charge >= 0.3 is 0 Å². The largest absolute Gasteiger partial charge is 0.322 e. The van der Waals surface area contributed by atoms with Crippen LogP contribution in [-0.2, 0) is 16.1 Å². The highest BCUT2D eigenvalue weighted by Crippen LogP contribution is 2.33. The second kappa shape index (κ2) is 4.17. The fraction of sp³-hybridized carbons (Fsp3) is 0.333. The Kier molecular flexibility index (Phi) is 2.61. The summed E-state index contributed by atoms with van der Waals surface area (Å²) in [5, 5.41) is 12.9. The lowest BCUT2D eigenvalue weighted by Gasteiger charge is -2.29. The zero-order chi connectivity index (χ0) is 13.6. The molecule has 1 fully saturated rings. The SMILES string of the molecule is N#Cc1scc2c1CN([C@H]1CCC(=O)NC1=O)C2=O. The first-order valence-corrected chi connectivity index (χ1v) is 6.65. The number of imide groups is 1. The molecule has 0 aliphatic carbocycles. The van der Waals surface area contributed by atoms with Crippen molar-refractivity contribution in [2.75, 3.05) is 0 Å². The number of carbonyl (C=O) groups excluding carboxylic acids is 3. The number of nitrogens with zero attached hydrogens (tertiary/aromatic N) is 2. The summed E-state index contributed by atoms with van der Waals surface area (Å²) in [6, 6.07) is 1.44. The molecule has 1 atom stereocenters. The third-order valence-corrected chi connectivity index (χ3v) is 4.33. The molecule has 0 bridgehead atoms. The fourth-order valence-corrected chi connectivity index (χ4v) is 3.29. The average molecular weight is 275 g/mol. The Morgan fingerprint density at radius 2 is 2.21 bits per heavy atom. The van der Waals surface area contributed by atoms with Gasteiger partial charge < -0.3 is 4.90 Å². The molecule has 3 rings (SSSR count). The summed E-state index contributed by atoms with van der Waals surface area (Å²) in [6.07, 6.45) is 0.574. The summed E-state index contributed by atoms with van der Waals surface area (Å²) in [5.41, 5.74) is 1.20. The molecule has 1 saturated heterocycles. The van der Waals surface area contributed by atoms with Crippen LogP contribution in [-0.4, -0.2) is 28.7 Å². The molecule has 0 saturated carbocycles. The molecule has 6 nitrogen and oxygen atoms in total. The zero-order valence-corrected chi connectivity index (χ0v) is 10.6. The van der Waals surface area contributed by atoms with E-state index >= 15 is 0 Å². The first-order valence-electron chi connectivity index (χ1n) is 5.77. The van der Waals surface area contributed by atoms with E-state index in [1.807, 2.05) is 0 Å². The van der Waals surface area contributed by atoms with Crippen molar-refractivity contribution in [1.29, 1.82) is 5.26 Å². The lowest BCUT2D eigenvalue weighted by Crippen LogP contribution is -2.52. The molecule has 1 aromatic heterocycles. The van der Waals surface area contributed by atoms with Gasteiger partial charge in [0.25, 0.3) is 5.91 Å². The number of carbonyl (C=O) groups is 3. The number of thiophene rings is 1. The number of nitrogens with one attached hydrogen (secondary N) is 1. The normalized spacial score (nSPS) is 22.2. The molecule has 0 radical (unpaired) electrons. The van der Waals surface area contributed by atoms with Crippen molar-refractivity contribution in [2.24, 2.45) is 0 Å². The Balaban J connectivity index is 1.88. The van der Waals surface area contributed by atoms with Gasteiger partial charge in [0.1, 0.15) is 17.0 Å². The molecule has 2 aliphatic rings. The van der Waals surface area contributed by atoms with Gasteiger partial charge in [-0.2, -0.15) is 5.26 Å². The number of hydrogen-bond donors (Lipinski definition) is 1. The van der Waals surface area contributed by atoms with Crippen LogP contribution in [0.1, 0.15) is 33.6 Å². The molecule has 0 aromatic carbocycles. The van der Waals surface area contributed by atoms with E-state index < -0.39 is 11.9 Å². The first-order chi connectivity index (χ1) is 9.11. The van der Waals surface area contributed by atoms with Crippen LogP contribution >= 0.6 is 11.3 Å². The maximum absolute atomic E-state index is 12.2. The van der Waals surface area contributed by atoms with Gasteiger partial charge in [0.15, 0.2) is 0 Å². The van der Waals surface area contributed by atoms with Gasteiger partial charge in [-0.3, -0.25) is 19.7 Å². The predicted octanol–water partition coefficient (Wildman–Crippen LogP) is 0.381. The molecule has 7 heteroatoms. The van der Waals surface area contributed by atoms with Crippen LogP contribution in [0.15, 0.2) is 5.38 Å². The highest BCUT2D eigenvalue weighted by molar-refractivity contribution is 7.11. The van der Waals surface area contributed by atoms with Gasteiger partial charge in [-0.05, 0) is 6.42 Å². The molecule has 1 aromatic rings. The standard InChI is InChI=1S/C12H9N3O3S/c13-3-9-6-4-15(12(18)7(6)5-19-9)8-1-2-10(16)14-11(8)17/h5,8H,1-2,4H2,(H,14,16,17)/t8-/m0/s1. The second-order valence-corrected chi connectivity index (χ2v) is 5.35. The van der Waals surface area contributed by atoms with Gasteiger partial charge in [-0.15, -0.1) is 11.3 Å². The van der Waals surface area contributed by atoms with Gasteiger partial charge in [-0.25, -0.2) is 0 Å². The molecule has 19 heavy (non-hydrogen) atoms. The van der Waals surface area contributed by atoms with E-state index in [0.717, 1.165) is 0 Å². The quantitative estimate of drug-likeness (QED) is 0.750. The fourth-order valence-electron chi connectivity index (χ4n) is 2.44. The van der Waals surface area contributed by atoms with Crippen molar-refractivity contribution in [3.05, 3.63) is 21.4 Å². The van der Waals surface area contributed by atoms with Gasteiger partial charge in [-0.1, -0.05) is 0 Å². The molecular formula is C12H9N3O3S. The molecule has 0 spiro atoms. The number of hydrogen-bond acceptors (Lipinski definition) is 5. The number of amides is 3. The van der Waals surface area contributed by atoms with E-state index in [2.05, 4.69) is 11.4 Å². The van der Waals surface area contributed by atoms with Gasteiger partial charge in [0.2, 0.25) is 11.8 Å². The summed E-state index contributed by atoms with van der Waals surface area (Å²) in [6.45, 7) is 0.271. The molecule has 0 unspecified atom stereocenters. The molecule has 1 N–H and O–H groups in total. The minimum absolute atomic E-state index is 0.234. The second-order valence-electron chi connectivity index (χ2n) is 4.47. The summed E-state index contributed by atoms with van der Waals surface area (Å²) < 4.78 is 0. The van der Waals surface area contributed by atoms with Crippen LogP contribution in [0.2, 0.25) is 0 Å². The summed E-state index contributed by atoms with van der Waals surface area (Å²) in [5.74, 6) is -0.973. The van der Waals surface area contributed by atoms with E-state index in [-0.39, 0.29) is 24.8 Å². The average Bonchev–Trinajstić information content (AvgIpc) is 2.91. The van der Waals surface area contributed by atoms with Crippen LogP contribution < -0.4 is 5.32 Å². The maximum atomic E-state index is 12.2. The van der Waals surface area contributed by atoms with Crippen LogP contribution in [0.3, 0.4) is 0 Å². The Hall–Kier alpha value is -2.20. The van der Waals surface area contributed by atoms with E-state index in [4.69, 9.17) is 5.26 Å². The topological polar surface area (TPSA) is 90.3 Å². The monoisotopic (exact) mass is 275 g/mol. The first kappa shape index (κ1) is 11.9. The Labute approximate surface area is 112 Å². The Morgan fingerprint density at radius 3 is 2.89 bits per heavy atom. The van der Waals surface area contributed by atoms with E-state index in [1.165, 1.54) is 16.2 Å². The van der Waals surface area contributed by atoms with Crippen molar-refractivity contribution in [2.45, 2.75) is 25.4 Å². The van der Waals surface area contributed by atoms with Crippen LogP contribution in [0.5, 0.6) is 0 Å². The molecule has 96 valence electrons. The van der Waals surface area contributed by atoms with Gasteiger partial charge in [0.05, 0.1) is 5.56 Å². The molecular weight excluding hydrogens is 266 g/mol. The third-order valence-electron chi connectivity index (χ3n) is 3.40. The molecule has 3 amide bonds. The highest BCUT2D eigenvalue weighted by atomic mass is 32.1. The van der Waals surface area contributed by atoms with E-state index in [1.54, 1.807) is 5.38 Å². The van der Waals surface area contributed by atoms with Crippen molar-refractivity contribution in [1.82, 2.24) is 10.2 Å². The number of nitriles is 1. The Bertz CT molecular complexity index is 643. The minimum atomic E-state index is -0.617. The molecule has 2 aliphatic heterocycles. The van der Waals surface area contributed by atoms with Crippen LogP contribution in [0, 0.1) is 11.3 Å². The van der Waals surface area contributed by atoms with Crippen LogP contribution in [0.25, 0.3) is 0 Å². The van der Waals surface area contributed by atoms with Crippen molar-refractivity contribution < 1.29 is 14.4 Å². The lowest BCUT2D eigenvalue weighted by molar-refractivity contribution is -0.136. The van der Waals surface area contributed by atoms with Crippen LogP contribution in [0.4, 0.5) is 0 Å². The number of piperidine rings is 1. The predicted molar refractivity (Wildman–Crippen MR) is 65.1 cm³/mol. The number of fused-ring (bicyclic) bond motifs is 1. The van der Waals surface area contributed by atoms with Crippen molar-refractivity contribution in [3.63, 3.8) is 0 Å². The van der Waals surface area contributed by atoms with Gasteiger partial charge in [0, 0.05) is 23.9 Å². The maximum Gasteiger partial charge on any atom is 0.256 e. The Morgan fingerprint density at radius 1 is 1.42 bits per heavy atom. The summed E-state index contributed by atoms with van der Waals surface area (Å²) in [4.78, 5) is 37.1. The van der Waals surface area contributed by atoms with E-state index in [9.17, 15) is 14.4 Å². The third kappa shape index (κ3) is 1.72. The highest BCUT2D eigenvalue weighted by Gasteiger charge is 2.40. The van der Waals surface area contributed by atoms with Crippen molar-refractivity contribution >= 4 is 29.1 Å². The van der Waals surface area contributed by atoms with E-state index in [0.29, 0.717) is 22.4 Å². The summed E-state index contributed by atoms with van der Waals surface area (Å²) >= 11 is 1.24. The summed E-state index contributed by atoms with van der Waals surface area (Å²) in [7, 11) is 0. The minimum Gasteiger partial charge on any atom is -0.322 e. The lowest BCUT2D eigenvalue weighted by atomic mass is 10.0. The number of rotatable bonds is 1.